The average molecular weight is 215 g/mol. The van der Waals surface area contributed by atoms with Crippen LogP contribution < -0.4 is 0 Å². The van der Waals surface area contributed by atoms with Crippen LogP contribution in [0.25, 0.3) is 0 Å². The lowest BCUT2D eigenvalue weighted by Crippen LogP contribution is -2.24. The van der Waals surface area contributed by atoms with Gasteiger partial charge in [-0.25, -0.2) is 0 Å². The fraction of sp³-hybridized carbons (Fsp3) is 0.909. The van der Waals surface area contributed by atoms with E-state index in [1.54, 1.807) is 0 Å². The van der Waals surface area contributed by atoms with Gasteiger partial charge in [0.05, 0.1) is 6.61 Å². The second-order valence-corrected chi connectivity index (χ2v) is 4.68. The molecule has 0 aromatic carbocycles. The van der Waals surface area contributed by atoms with Gasteiger partial charge in [-0.15, -0.1) is 0 Å². The van der Waals surface area contributed by atoms with Gasteiger partial charge in [-0.3, -0.25) is 0 Å². The fourth-order valence-corrected chi connectivity index (χ4v) is 1.92. The van der Waals surface area contributed by atoms with Crippen LogP contribution in [0.15, 0.2) is 0 Å². The van der Waals surface area contributed by atoms with Crippen LogP contribution in [0.5, 0.6) is 0 Å². The van der Waals surface area contributed by atoms with Crippen LogP contribution in [0.3, 0.4) is 0 Å². The van der Waals surface area contributed by atoms with Gasteiger partial charge in [-0.05, 0) is 31.0 Å². The van der Waals surface area contributed by atoms with Crippen molar-refractivity contribution in [2.24, 2.45) is 5.92 Å². The van der Waals surface area contributed by atoms with Gasteiger partial charge in [-0.1, -0.05) is 25.7 Å². The van der Waals surface area contributed by atoms with Gasteiger partial charge in [0.1, 0.15) is 0 Å². The van der Waals surface area contributed by atoms with Crippen molar-refractivity contribution in [3.05, 3.63) is 0 Å². The van der Waals surface area contributed by atoms with E-state index in [1.165, 1.54) is 38.5 Å². The molecule has 1 saturated carbocycles. The molecule has 3 heteroatoms. The minimum Gasteiger partial charge on any atom is -0.471 e. The van der Waals surface area contributed by atoms with Crippen molar-refractivity contribution >= 4 is 17.4 Å². The smallest absolute Gasteiger partial charge is 0.258 e. The first kappa shape index (κ1) is 11.8. The van der Waals surface area contributed by atoms with E-state index in [2.05, 4.69) is 0 Å². The minimum absolute atomic E-state index is 0.620. The molecule has 0 saturated heterocycles. The lowest BCUT2D eigenvalue weighted by Gasteiger charge is -2.18. The largest absolute Gasteiger partial charge is 0.471 e. The minimum atomic E-state index is 0.620. The first-order valence-corrected chi connectivity index (χ1v) is 5.95. The van der Waals surface area contributed by atoms with E-state index < -0.39 is 0 Å². The van der Waals surface area contributed by atoms with E-state index in [0.717, 1.165) is 12.5 Å². The van der Waals surface area contributed by atoms with E-state index in [1.807, 2.05) is 19.0 Å². The summed E-state index contributed by atoms with van der Waals surface area (Å²) in [5.41, 5.74) is 0. The highest BCUT2D eigenvalue weighted by Gasteiger charge is 2.13. The summed E-state index contributed by atoms with van der Waals surface area (Å²) in [7, 11) is 3.85. The Morgan fingerprint density at radius 3 is 2.29 bits per heavy atom. The second-order valence-electron chi connectivity index (χ2n) is 4.33. The third-order valence-electron chi connectivity index (χ3n) is 2.78. The summed E-state index contributed by atoms with van der Waals surface area (Å²) >= 11 is 5.08. The number of hydrogen-bond acceptors (Lipinski definition) is 2. The quantitative estimate of drug-likeness (QED) is 0.519. The standard InChI is InChI=1S/C11H21NOS/c1-12(2)11(14)13-9-10-7-5-3-4-6-8-10/h10H,3-9H2,1-2H3. The van der Waals surface area contributed by atoms with Crippen LogP contribution in [0.2, 0.25) is 0 Å². The predicted octanol–water partition coefficient (Wildman–Crippen LogP) is 2.82. The molecule has 1 aliphatic rings. The topological polar surface area (TPSA) is 12.5 Å². The SMILES string of the molecule is CN(C)C(=S)OCC1CCCCCC1. The molecule has 0 aromatic heterocycles. The summed E-state index contributed by atoms with van der Waals surface area (Å²) in [6.45, 7) is 0.816. The van der Waals surface area contributed by atoms with Crippen molar-refractivity contribution < 1.29 is 4.74 Å². The zero-order valence-corrected chi connectivity index (χ0v) is 10.1. The lowest BCUT2D eigenvalue weighted by atomic mass is 10.0. The van der Waals surface area contributed by atoms with E-state index in [4.69, 9.17) is 17.0 Å². The van der Waals surface area contributed by atoms with E-state index >= 15 is 0 Å². The second kappa shape index (κ2) is 6.23. The first-order chi connectivity index (χ1) is 6.70. The lowest BCUT2D eigenvalue weighted by molar-refractivity contribution is 0.203. The highest BCUT2D eigenvalue weighted by atomic mass is 32.1. The molecule has 14 heavy (non-hydrogen) atoms. The van der Waals surface area contributed by atoms with Crippen LogP contribution in [-0.4, -0.2) is 30.8 Å². The predicted molar refractivity (Wildman–Crippen MR) is 63.4 cm³/mol. The zero-order valence-electron chi connectivity index (χ0n) is 9.29. The van der Waals surface area contributed by atoms with E-state index in [0.29, 0.717) is 5.17 Å². The molecule has 1 rings (SSSR count). The Balaban J connectivity index is 2.19. The molecular weight excluding hydrogens is 194 g/mol. The molecule has 0 atom stereocenters. The molecule has 82 valence electrons. The summed E-state index contributed by atoms with van der Waals surface area (Å²) in [4.78, 5) is 1.85. The third-order valence-corrected chi connectivity index (χ3v) is 3.27. The van der Waals surface area contributed by atoms with Crippen molar-refractivity contribution in [3.8, 4) is 0 Å². The van der Waals surface area contributed by atoms with Crippen LogP contribution in [0, 0.1) is 5.92 Å². The Labute approximate surface area is 92.6 Å². The normalized spacial score (nSPS) is 18.7. The zero-order chi connectivity index (χ0) is 10.4. The molecule has 1 fully saturated rings. The number of rotatable bonds is 2. The van der Waals surface area contributed by atoms with Gasteiger partial charge >= 0.3 is 0 Å². The molecule has 0 bridgehead atoms. The van der Waals surface area contributed by atoms with Crippen LogP contribution >= 0.6 is 12.2 Å². The maximum Gasteiger partial charge on any atom is 0.258 e. The summed E-state index contributed by atoms with van der Waals surface area (Å²) < 4.78 is 5.56. The summed E-state index contributed by atoms with van der Waals surface area (Å²) in [5, 5.41) is 0.620. The third kappa shape index (κ3) is 4.27. The molecule has 0 unspecified atom stereocenters. The Kier molecular flexibility index (Phi) is 5.23. The monoisotopic (exact) mass is 215 g/mol. The van der Waals surface area contributed by atoms with Gasteiger partial charge in [0.25, 0.3) is 5.17 Å². The number of thiocarbonyl (C=S) groups is 1. The Morgan fingerprint density at radius 2 is 1.79 bits per heavy atom. The Morgan fingerprint density at radius 1 is 1.21 bits per heavy atom. The summed E-state index contributed by atoms with van der Waals surface area (Å²) in [5.74, 6) is 0.732. The van der Waals surface area contributed by atoms with Crippen molar-refractivity contribution in [3.63, 3.8) is 0 Å². The highest BCUT2D eigenvalue weighted by molar-refractivity contribution is 7.80. The molecule has 0 N–H and O–H groups in total. The van der Waals surface area contributed by atoms with Crippen molar-refractivity contribution in [2.75, 3.05) is 20.7 Å². The van der Waals surface area contributed by atoms with Crippen LogP contribution in [0.4, 0.5) is 0 Å². The number of hydrogen-bond donors (Lipinski definition) is 0. The molecule has 0 heterocycles. The molecule has 0 amide bonds. The Hall–Kier alpha value is -0.310. The molecule has 1 aliphatic carbocycles. The van der Waals surface area contributed by atoms with Crippen LogP contribution in [-0.2, 0) is 4.74 Å². The molecule has 0 radical (unpaired) electrons. The summed E-state index contributed by atoms with van der Waals surface area (Å²) in [6.07, 6.45) is 8.15. The molecular formula is C11H21NOS. The van der Waals surface area contributed by atoms with Crippen molar-refractivity contribution in [2.45, 2.75) is 38.5 Å². The maximum absolute atomic E-state index is 5.56. The fourth-order valence-electron chi connectivity index (χ4n) is 1.85. The molecule has 2 nitrogen and oxygen atoms in total. The van der Waals surface area contributed by atoms with E-state index in [9.17, 15) is 0 Å². The van der Waals surface area contributed by atoms with Gasteiger partial charge < -0.3 is 9.64 Å². The van der Waals surface area contributed by atoms with Gasteiger partial charge in [-0.2, -0.15) is 0 Å². The van der Waals surface area contributed by atoms with Crippen molar-refractivity contribution in [1.82, 2.24) is 4.90 Å². The highest BCUT2D eigenvalue weighted by Crippen LogP contribution is 2.22. The van der Waals surface area contributed by atoms with E-state index in [-0.39, 0.29) is 0 Å². The average Bonchev–Trinajstić information content (AvgIpc) is 2.42. The first-order valence-electron chi connectivity index (χ1n) is 5.54. The number of nitrogens with zero attached hydrogens (tertiary/aromatic N) is 1. The van der Waals surface area contributed by atoms with Gasteiger partial charge in [0.15, 0.2) is 0 Å². The molecule has 0 aromatic rings. The summed E-state index contributed by atoms with van der Waals surface area (Å²) in [6, 6.07) is 0. The van der Waals surface area contributed by atoms with Crippen molar-refractivity contribution in [1.29, 1.82) is 0 Å². The number of ether oxygens (including phenoxy) is 1. The molecule has 0 spiro atoms. The maximum atomic E-state index is 5.56. The van der Waals surface area contributed by atoms with Gasteiger partial charge in [0, 0.05) is 14.1 Å². The van der Waals surface area contributed by atoms with Crippen LogP contribution in [0.1, 0.15) is 38.5 Å². The molecule has 0 aliphatic heterocycles. The Bertz CT molecular complexity index is 174. The van der Waals surface area contributed by atoms with Gasteiger partial charge in [0.2, 0.25) is 0 Å².